The van der Waals surface area contributed by atoms with Crippen molar-refractivity contribution in [3.8, 4) is 0 Å². The van der Waals surface area contributed by atoms with Gasteiger partial charge in [-0.15, -0.1) is 0 Å². The molecule has 1 amide bonds. The van der Waals surface area contributed by atoms with Crippen molar-refractivity contribution in [2.24, 2.45) is 5.92 Å². The van der Waals surface area contributed by atoms with Gasteiger partial charge in [0.25, 0.3) is 5.91 Å². The molecule has 0 aliphatic rings. The summed E-state index contributed by atoms with van der Waals surface area (Å²) in [6, 6.07) is 1.76. The van der Waals surface area contributed by atoms with Gasteiger partial charge in [-0.1, -0.05) is 20.3 Å². The van der Waals surface area contributed by atoms with E-state index in [0.717, 1.165) is 12.1 Å². The number of carbonyl (C=O) groups excluding carboxylic acids is 2. The summed E-state index contributed by atoms with van der Waals surface area (Å²) in [5, 5.41) is 2.42. The highest BCUT2D eigenvalue weighted by molar-refractivity contribution is 5.97. The molecule has 0 aliphatic carbocycles. The maximum atomic E-state index is 13.5. The van der Waals surface area contributed by atoms with Gasteiger partial charge in [-0.25, -0.2) is 13.6 Å². The van der Waals surface area contributed by atoms with E-state index in [0.29, 0.717) is 12.5 Å². The molecule has 0 heterocycles. The van der Waals surface area contributed by atoms with Gasteiger partial charge in [0.15, 0.2) is 0 Å². The molecule has 4 nitrogen and oxygen atoms in total. The van der Waals surface area contributed by atoms with Crippen molar-refractivity contribution in [1.29, 1.82) is 0 Å². The normalized spacial score (nSPS) is 13.4. The number of carbonyl (C=O) groups is 2. The number of hydrogen-bond donors (Lipinski definition) is 1. The summed E-state index contributed by atoms with van der Waals surface area (Å²) < 4.78 is 30.9. The van der Waals surface area contributed by atoms with Crippen LogP contribution in [0.2, 0.25) is 0 Å². The summed E-state index contributed by atoms with van der Waals surface area (Å²) in [7, 11) is 1.21. The summed E-state index contributed by atoms with van der Waals surface area (Å²) >= 11 is 0. The fraction of sp³-hybridized carbons (Fsp3) is 0.429. The van der Waals surface area contributed by atoms with Crippen LogP contribution >= 0.6 is 0 Å². The Morgan fingerprint density at radius 2 is 2.00 bits per heavy atom. The molecule has 0 bridgehead atoms. The Labute approximate surface area is 116 Å². The van der Waals surface area contributed by atoms with Crippen LogP contribution in [-0.2, 0) is 9.53 Å². The molecule has 1 N–H and O–H groups in total. The van der Waals surface area contributed by atoms with E-state index in [1.54, 1.807) is 6.92 Å². The quantitative estimate of drug-likeness (QED) is 0.844. The molecule has 0 saturated heterocycles. The van der Waals surface area contributed by atoms with Gasteiger partial charge >= 0.3 is 5.97 Å². The topological polar surface area (TPSA) is 55.4 Å². The highest BCUT2D eigenvalue weighted by atomic mass is 19.1. The van der Waals surface area contributed by atoms with E-state index in [1.807, 2.05) is 6.92 Å². The highest BCUT2D eigenvalue weighted by Gasteiger charge is 2.27. The Morgan fingerprint density at radius 1 is 1.35 bits per heavy atom. The Hall–Kier alpha value is -1.98. The largest absolute Gasteiger partial charge is 0.467 e. The molecule has 1 aromatic rings. The van der Waals surface area contributed by atoms with E-state index in [-0.39, 0.29) is 11.5 Å². The second-order valence-electron chi connectivity index (χ2n) is 4.48. The molecule has 0 spiro atoms. The van der Waals surface area contributed by atoms with Gasteiger partial charge in [0.1, 0.15) is 17.7 Å². The fourth-order valence-corrected chi connectivity index (χ4v) is 1.69. The summed E-state index contributed by atoms with van der Waals surface area (Å²) in [5.74, 6) is -3.30. The standard InChI is InChI=1S/C14H17F2NO3/c1-4-8(2)12(14(19)20-3)17-13(18)10-6-5-9(15)7-11(10)16/h5-8,12H,4H2,1-3H3,(H,17,18)/t8-,12-/m0/s1. The van der Waals surface area contributed by atoms with Crippen LogP contribution in [0.1, 0.15) is 30.6 Å². The third-order valence-electron chi connectivity index (χ3n) is 3.13. The molecule has 1 rings (SSSR count). The first kappa shape index (κ1) is 16.1. The molecule has 110 valence electrons. The predicted octanol–water partition coefficient (Wildman–Crippen LogP) is 2.28. The van der Waals surface area contributed by atoms with E-state index in [9.17, 15) is 18.4 Å². The second kappa shape index (κ2) is 6.98. The smallest absolute Gasteiger partial charge is 0.328 e. The van der Waals surface area contributed by atoms with Crippen LogP contribution in [0.3, 0.4) is 0 Å². The number of nitrogens with one attached hydrogen (secondary N) is 1. The van der Waals surface area contributed by atoms with Crippen LogP contribution in [0.4, 0.5) is 8.78 Å². The number of esters is 1. The van der Waals surface area contributed by atoms with Gasteiger partial charge in [-0.3, -0.25) is 4.79 Å². The monoisotopic (exact) mass is 285 g/mol. The molecule has 1 aromatic carbocycles. The zero-order valence-electron chi connectivity index (χ0n) is 11.6. The maximum Gasteiger partial charge on any atom is 0.328 e. The van der Waals surface area contributed by atoms with Crippen molar-refractivity contribution < 1.29 is 23.1 Å². The van der Waals surface area contributed by atoms with Crippen molar-refractivity contribution in [3.63, 3.8) is 0 Å². The lowest BCUT2D eigenvalue weighted by Crippen LogP contribution is -2.45. The Balaban J connectivity index is 2.93. The molecular weight excluding hydrogens is 268 g/mol. The number of rotatable bonds is 5. The zero-order chi connectivity index (χ0) is 15.3. The van der Waals surface area contributed by atoms with Gasteiger partial charge in [0.2, 0.25) is 0 Å². The number of methoxy groups -OCH3 is 1. The molecule has 0 aromatic heterocycles. The third-order valence-corrected chi connectivity index (χ3v) is 3.13. The molecule has 0 fully saturated rings. The average Bonchev–Trinajstić information content (AvgIpc) is 2.42. The summed E-state index contributed by atoms with van der Waals surface area (Å²) in [5.41, 5.74) is -0.316. The van der Waals surface area contributed by atoms with Crippen molar-refractivity contribution in [1.82, 2.24) is 5.32 Å². The van der Waals surface area contributed by atoms with Crippen molar-refractivity contribution in [3.05, 3.63) is 35.4 Å². The minimum absolute atomic E-state index is 0.171. The van der Waals surface area contributed by atoms with Crippen LogP contribution in [0.15, 0.2) is 18.2 Å². The number of hydrogen-bond acceptors (Lipinski definition) is 3. The molecule has 2 atom stereocenters. The summed E-state index contributed by atoms with van der Waals surface area (Å²) in [6.07, 6.45) is 0.631. The van der Waals surface area contributed by atoms with Crippen LogP contribution < -0.4 is 5.32 Å². The molecule has 0 unspecified atom stereocenters. The Bertz CT molecular complexity index is 505. The average molecular weight is 285 g/mol. The highest BCUT2D eigenvalue weighted by Crippen LogP contribution is 2.13. The van der Waals surface area contributed by atoms with Crippen molar-refractivity contribution in [2.75, 3.05) is 7.11 Å². The van der Waals surface area contributed by atoms with E-state index < -0.39 is 29.6 Å². The molecule has 0 saturated carbocycles. The van der Waals surface area contributed by atoms with Gasteiger partial charge < -0.3 is 10.1 Å². The fourth-order valence-electron chi connectivity index (χ4n) is 1.69. The van der Waals surface area contributed by atoms with Gasteiger partial charge in [-0.05, 0) is 18.1 Å². The minimum Gasteiger partial charge on any atom is -0.467 e. The van der Waals surface area contributed by atoms with Crippen LogP contribution in [0.5, 0.6) is 0 Å². The van der Waals surface area contributed by atoms with Gasteiger partial charge in [0, 0.05) is 6.07 Å². The Kier molecular flexibility index (Phi) is 5.61. The molecule has 0 aliphatic heterocycles. The van der Waals surface area contributed by atoms with Crippen LogP contribution in [-0.4, -0.2) is 25.0 Å². The van der Waals surface area contributed by atoms with Crippen molar-refractivity contribution in [2.45, 2.75) is 26.3 Å². The maximum absolute atomic E-state index is 13.5. The number of amides is 1. The van der Waals surface area contributed by atoms with Crippen LogP contribution in [0, 0.1) is 17.6 Å². The van der Waals surface area contributed by atoms with Gasteiger partial charge in [-0.2, -0.15) is 0 Å². The first-order valence-electron chi connectivity index (χ1n) is 6.24. The number of ether oxygens (including phenoxy) is 1. The predicted molar refractivity (Wildman–Crippen MR) is 69.1 cm³/mol. The number of halogens is 2. The lowest BCUT2D eigenvalue weighted by molar-refractivity contribution is -0.144. The van der Waals surface area contributed by atoms with Crippen molar-refractivity contribution >= 4 is 11.9 Å². The first-order valence-corrected chi connectivity index (χ1v) is 6.24. The third kappa shape index (κ3) is 3.76. The number of benzene rings is 1. The molecular formula is C14H17F2NO3. The first-order chi connectivity index (χ1) is 9.40. The van der Waals surface area contributed by atoms with E-state index in [2.05, 4.69) is 10.1 Å². The second-order valence-corrected chi connectivity index (χ2v) is 4.48. The Morgan fingerprint density at radius 3 is 2.50 bits per heavy atom. The van der Waals surface area contributed by atoms with Gasteiger partial charge in [0.05, 0.1) is 12.7 Å². The van der Waals surface area contributed by atoms with E-state index >= 15 is 0 Å². The molecule has 20 heavy (non-hydrogen) atoms. The SMILES string of the molecule is CC[C@H](C)[C@H](NC(=O)c1ccc(F)cc1F)C(=O)OC. The van der Waals surface area contributed by atoms with E-state index in [4.69, 9.17) is 0 Å². The van der Waals surface area contributed by atoms with Crippen LogP contribution in [0.25, 0.3) is 0 Å². The lowest BCUT2D eigenvalue weighted by Gasteiger charge is -2.21. The summed E-state index contributed by atoms with van der Waals surface area (Å²) in [4.78, 5) is 23.6. The zero-order valence-corrected chi connectivity index (χ0v) is 11.6. The lowest BCUT2D eigenvalue weighted by atomic mass is 9.99. The summed E-state index contributed by atoms with van der Waals surface area (Å²) in [6.45, 7) is 3.62. The molecule has 6 heteroatoms. The van der Waals surface area contributed by atoms with E-state index in [1.165, 1.54) is 7.11 Å². The minimum atomic E-state index is -0.977. The molecule has 0 radical (unpaired) electrons.